The number of pyridine rings is 1. The third kappa shape index (κ3) is 7.10. The number of benzene rings is 1. The molecule has 2 atom stereocenters. The van der Waals surface area contributed by atoms with E-state index in [1.807, 2.05) is 0 Å². The second kappa shape index (κ2) is 12.6. The number of nitrogens with zero attached hydrogens (tertiary/aromatic N) is 5. The number of likely N-dealkylation sites (tertiary alicyclic amines) is 1. The SMILES string of the molecule is CC(=O)c1cn(CC(=O)N2C[C@H](F)C[C@H]2C(=O)Cc2cccc(Br)n2)c2cc(OCP(=O)(O)O)c(-c3cnc(C)nc3)cc12. The predicted molar refractivity (Wildman–Crippen MR) is 161 cm³/mol. The number of fused-ring (bicyclic) bond motifs is 1. The summed E-state index contributed by atoms with van der Waals surface area (Å²) in [5, 5.41) is 0.447. The number of ketones is 2. The number of hydrogen-bond donors (Lipinski definition) is 2. The Balaban J connectivity index is 1.50. The maximum absolute atomic E-state index is 14.6. The molecule has 4 aromatic rings. The number of carbonyl (C=O) groups excluding carboxylic acids is 3. The average Bonchev–Trinajstić information content (AvgIpc) is 3.52. The third-order valence-corrected chi connectivity index (χ3v) is 8.12. The molecule has 1 aliphatic heterocycles. The highest BCUT2D eigenvalue weighted by molar-refractivity contribution is 9.10. The van der Waals surface area contributed by atoms with E-state index in [1.54, 1.807) is 31.2 Å². The lowest BCUT2D eigenvalue weighted by Crippen LogP contribution is -2.42. The highest BCUT2D eigenvalue weighted by Gasteiger charge is 2.39. The van der Waals surface area contributed by atoms with Gasteiger partial charge in [0.25, 0.3) is 0 Å². The standard InChI is InChI=1S/C29H28BrFN5O7P/c1-16(37)23-13-35(14-29(39)36-12-19(31)6-25(36)26(38)7-20-4-3-5-28(30)34-20)24-9-27(43-15-44(40,41)42)21(8-22(23)24)18-10-32-17(2)33-11-18/h3-5,8-11,13,19,25H,6-7,12,14-15H2,1-2H3,(H2,40,41,42)/t19-,25+/m1/s1. The van der Waals surface area contributed by atoms with Crippen molar-refractivity contribution < 1.29 is 37.9 Å². The van der Waals surface area contributed by atoms with Gasteiger partial charge in [-0.3, -0.25) is 18.9 Å². The molecular formula is C29H28BrFN5O7P. The molecule has 5 rings (SSSR count). The van der Waals surface area contributed by atoms with E-state index in [0.29, 0.717) is 38.2 Å². The monoisotopic (exact) mass is 687 g/mol. The Morgan fingerprint density at radius 3 is 2.57 bits per heavy atom. The van der Waals surface area contributed by atoms with Gasteiger partial charge in [0.2, 0.25) is 5.91 Å². The molecule has 0 radical (unpaired) electrons. The normalized spacial score (nSPS) is 16.8. The summed E-state index contributed by atoms with van der Waals surface area (Å²) in [5.74, 6) is -0.607. The van der Waals surface area contributed by atoms with Gasteiger partial charge in [-0.2, -0.15) is 0 Å². The molecule has 0 aliphatic carbocycles. The van der Waals surface area contributed by atoms with Gasteiger partial charge in [-0.15, -0.1) is 0 Å². The predicted octanol–water partition coefficient (Wildman–Crippen LogP) is 4.03. The molecule has 1 amide bonds. The zero-order valence-electron chi connectivity index (χ0n) is 23.7. The molecule has 15 heteroatoms. The van der Waals surface area contributed by atoms with Crippen LogP contribution in [0.25, 0.3) is 22.0 Å². The van der Waals surface area contributed by atoms with Crippen molar-refractivity contribution in [3.63, 3.8) is 0 Å². The first kappa shape index (κ1) is 31.6. The first-order valence-corrected chi connectivity index (χ1v) is 16.1. The largest absolute Gasteiger partial charge is 0.480 e. The van der Waals surface area contributed by atoms with Gasteiger partial charge in [-0.05, 0) is 48.0 Å². The summed E-state index contributed by atoms with van der Waals surface area (Å²) in [6, 6.07) is 7.23. The second-order valence-electron chi connectivity index (χ2n) is 10.5. The van der Waals surface area contributed by atoms with Crippen LogP contribution in [0.2, 0.25) is 0 Å². The van der Waals surface area contributed by atoms with Gasteiger partial charge in [-0.25, -0.2) is 19.3 Å². The van der Waals surface area contributed by atoms with E-state index >= 15 is 0 Å². The topological polar surface area (TPSA) is 165 Å². The van der Waals surface area contributed by atoms with Crippen LogP contribution in [0.15, 0.2) is 53.5 Å². The Bertz CT molecular complexity index is 1810. The Kier molecular flexibility index (Phi) is 9.07. The molecule has 1 fully saturated rings. The minimum atomic E-state index is -4.57. The van der Waals surface area contributed by atoms with Crippen LogP contribution in [-0.2, 0) is 27.1 Å². The summed E-state index contributed by atoms with van der Waals surface area (Å²) >= 11 is 3.27. The Labute approximate surface area is 259 Å². The molecule has 2 N–H and O–H groups in total. The number of hydrogen-bond acceptors (Lipinski definition) is 8. The van der Waals surface area contributed by atoms with Gasteiger partial charge in [-0.1, -0.05) is 6.07 Å². The van der Waals surface area contributed by atoms with E-state index in [9.17, 15) is 33.1 Å². The lowest BCUT2D eigenvalue weighted by Gasteiger charge is -2.24. The number of halogens is 2. The van der Waals surface area contributed by atoms with Crippen LogP contribution in [0.1, 0.15) is 35.2 Å². The van der Waals surface area contributed by atoms with Gasteiger partial charge >= 0.3 is 7.60 Å². The molecule has 1 aromatic carbocycles. The van der Waals surface area contributed by atoms with E-state index in [-0.39, 0.29) is 48.8 Å². The number of rotatable bonds is 10. The molecule has 0 spiro atoms. The molecule has 12 nitrogen and oxygen atoms in total. The van der Waals surface area contributed by atoms with E-state index in [2.05, 4.69) is 30.9 Å². The van der Waals surface area contributed by atoms with Gasteiger partial charge in [0.1, 0.15) is 28.9 Å². The molecular weight excluding hydrogens is 660 g/mol. The van der Waals surface area contributed by atoms with Crippen LogP contribution in [0, 0.1) is 6.92 Å². The third-order valence-electron chi connectivity index (χ3n) is 7.22. The Morgan fingerprint density at radius 1 is 1.18 bits per heavy atom. The number of alkyl halides is 1. The number of amides is 1. The summed E-state index contributed by atoms with van der Waals surface area (Å²) < 4.78 is 33.8. The fourth-order valence-electron chi connectivity index (χ4n) is 5.21. The highest BCUT2D eigenvalue weighted by Crippen LogP contribution is 2.40. The zero-order chi connectivity index (χ0) is 31.8. The van der Waals surface area contributed by atoms with Gasteiger partial charge in [0.15, 0.2) is 17.9 Å². The summed E-state index contributed by atoms with van der Waals surface area (Å²) in [4.78, 5) is 72.2. The number of ether oxygens (including phenoxy) is 1. The minimum absolute atomic E-state index is 0.0646. The number of aromatic nitrogens is 4. The van der Waals surface area contributed by atoms with Crippen molar-refractivity contribution in [1.29, 1.82) is 0 Å². The fourth-order valence-corrected chi connectivity index (χ4v) is 5.89. The molecule has 0 saturated carbocycles. The van der Waals surface area contributed by atoms with Gasteiger partial charge in [0.05, 0.1) is 24.5 Å². The van der Waals surface area contributed by atoms with Crippen LogP contribution in [-0.4, -0.2) is 76.8 Å². The van der Waals surface area contributed by atoms with Crippen molar-refractivity contribution in [2.24, 2.45) is 0 Å². The summed E-state index contributed by atoms with van der Waals surface area (Å²) in [7, 11) is -4.57. The smallest absolute Gasteiger partial charge is 0.362 e. The van der Waals surface area contributed by atoms with Crippen molar-refractivity contribution >= 4 is 51.9 Å². The van der Waals surface area contributed by atoms with Crippen LogP contribution >= 0.6 is 23.5 Å². The number of carbonyl (C=O) groups is 3. The molecule has 1 aliphatic rings. The van der Waals surface area contributed by atoms with Crippen molar-refractivity contribution in [2.45, 2.75) is 45.4 Å². The summed E-state index contributed by atoms with van der Waals surface area (Å²) in [6.45, 7) is 2.48. The lowest BCUT2D eigenvalue weighted by molar-refractivity contribution is -0.137. The molecule has 4 heterocycles. The van der Waals surface area contributed by atoms with Crippen molar-refractivity contribution in [2.75, 3.05) is 12.9 Å². The Hall–Kier alpha value is -3.84. The van der Waals surface area contributed by atoms with Gasteiger partial charge in [0, 0.05) is 58.8 Å². The second-order valence-corrected chi connectivity index (χ2v) is 12.9. The molecule has 44 heavy (non-hydrogen) atoms. The van der Waals surface area contributed by atoms with Crippen molar-refractivity contribution in [1.82, 2.24) is 24.4 Å². The fraction of sp³-hybridized carbons (Fsp3) is 0.310. The van der Waals surface area contributed by atoms with E-state index in [1.165, 1.54) is 41.0 Å². The minimum Gasteiger partial charge on any atom is -0.480 e. The molecule has 3 aromatic heterocycles. The molecule has 0 unspecified atom stereocenters. The highest BCUT2D eigenvalue weighted by atomic mass is 79.9. The first-order valence-electron chi connectivity index (χ1n) is 13.5. The first-order chi connectivity index (χ1) is 20.8. The summed E-state index contributed by atoms with van der Waals surface area (Å²) in [6.07, 6.45) is 2.01. The van der Waals surface area contributed by atoms with E-state index < -0.39 is 32.1 Å². The maximum Gasteiger partial charge on any atom is 0.362 e. The quantitative estimate of drug-likeness (QED) is 0.141. The van der Waals surface area contributed by atoms with Crippen LogP contribution in [0.4, 0.5) is 4.39 Å². The lowest BCUT2D eigenvalue weighted by atomic mass is 10.0. The van der Waals surface area contributed by atoms with E-state index in [4.69, 9.17) is 4.74 Å². The van der Waals surface area contributed by atoms with Crippen molar-refractivity contribution in [3.05, 3.63) is 70.6 Å². The van der Waals surface area contributed by atoms with Gasteiger partial charge < -0.3 is 24.0 Å². The average molecular weight is 688 g/mol. The molecule has 1 saturated heterocycles. The number of aryl methyl sites for hydroxylation is 1. The maximum atomic E-state index is 14.6. The molecule has 0 bridgehead atoms. The Morgan fingerprint density at radius 2 is 1.91 bits per heavy atom. The zero-order valence-corrected chi connectivity index (χ0v) is 26.2. The van der Waals surface area contributed by atoms with Crippen LogP contribution < -0.4 is 4.74 Å². The van der Waals surface area contributed by atoms with Crippen molar-refractivity contribution in [3.8, 4) is 16.9 Å². The van der Waals surface area contributed by atoms with E-state index in [0.717, 1.165) is 0 Å². The molecule has 230 valence electrons. The van der Waals surface area contributed by atoms with Crippen LogP contribution in [0.5, 0.6) is 5.75 Å². The van der Waals surface area contributed by atoms with Crippen LogP contribution in [0.3, 0.4) is 0 Å². The summed E-state index contributed by atoms with van der Waals surface area (Å²) in [5.41, 5.74) is 1.98. The number of Topliss-reactive ketones (excluding diaryl/α,β-unsaturated/α-hetero) is 2.